The van der Waals surface area contributed by atoms with Crippen LogP contribution >= 0.6 is 0 Å². The molecule has 2 aromatic carbocycles. The SMILES string of the molecule is CN(C)c1ccc(C=Cc2ccccc2)cc1O. The first-order chi connectivity index (χ1) is 8.66. The van der Waals surface area contributed by atoms with E-state index in [4.69, 9.17) is 0 Å². The minimum absolute atomic E-state index is 0.301. The van der Waals surface area contributed by atoms with Gasteiger partial charge in [0.1, 0.15) is 5.75 Å². The normalized spacial score (nSPS) is 10.8. The van der Waals surface area contributed by atoms with Crippen molar-refractivity contribution in [3.8, 4) is 5.75 Å². The van der Waals surface area contributed by atoms with Crippen molar-refractivity contribution in [2.24, 2.45) is 0 Å². The summed E-state index contributed by atoms with van der Waals surface area (Å²) in [5, 5.41) is 9.88. The molecule has 0 fully saturated rings. The highest BCUT2D eigenvalue weighted by atomic mass is 16.3. The first kappa shape index (κ1) is 12.2. The molecule has 0 atom stereocenters. The number of nitrogens with zero attached hydrogens (tertiary/aromatic N) is 1. The van der Waals surface area contributed by atoms with Crippen LogP contribution in [0, 0.1) is 0 Å². The Bertz CT molecular complexity index is 544. The third-order valence-electron chi connectivity index (χ3n) is 2.75. The Morgan fingerprint density at radius 3 is 2.17 bits per heavy atom. The Kier molecular flexibility index (Phi) is 3.68. The molecule has 2 rings (SSSR count). The second kappa shape index (κ2) is 5.41. The van der Waals surface area contributed by atoms with Crippen LogP contribution in [0.25, 0.3) is 12.2 Å². The van der Waals surface area contributed by atoms with Gasteiger partial charge < -0.3 is 10.0 Å². The van der Waals surface area contributed by atoms with E-state index in [0.29, 0.717) is 5.75 Å². The summed E-state index contributed by atoms with van der Waals surface area (Å²) in [4.78, 5) is 1.89. The van der Waals surface area contributed by atoms with Gasteiger partial charge in [0.15, 0.2) is 0 Å². The van der Waals surface area contributed by atoms with Crippen LogP contribution in [0.3, 0.4) is 0 Å². The van der Waals surface area contributed by atoms with Crippen molar-refractivity contribution in [2.45, 2.75) is 0 Å². The van der Waals surface area contributed by atoms with Crippen LogP contribution in [0.2, 0.25) is 0 Å². The Morgan fingerprint density at radius 2 is 1.56 bits per heavy atom. The van der Waals surface area contributed by atoms with Crippen molar-refractivity contribution in [3.63, 3.8) is 0 Å². The molecule has 0 saturated carbocycles. The van der Waals surface area contributed by atoms with Gasteiger partial charge >= 0.3 is 0 Å². The van der Waals surface area contributed by atoms with E-state index in [1.165, 1.54) is 0 Å². The van der Waals surface area contributed by atoms with Crippen LogP contribution in [-0.4, -0.2) is 19.2 Å². The van der Waals surface area contributed by atoms with Gasteiger partial charge in [-0.15, -0.1) is 0 Å². The van der Waals surface area contributed by atoms with Crippen LogP contribution < -0.4 is 4.90 Å². The van der Waals surface area contributed by atoms with Gasteiger partial charge in [-0.3, -0.25) is 0 Å². The molecule has 2 aromatic rings. The minimum Gasteiger partial charge on any atom is -0.506 e. The zero-order chi connectivity index (χ0) is 13.0. The zero-order valence-electron chi connectivity index (χ0n) is 10.7. The zero-order valence-corrected chi connectivity index (χ0v) is 10.7. The monoisotopic (exact) mass is 239 g/mol. The second-order valence-corrected chi connectivity index (χ2v) is 4.39. The van der Waals surface area contributed by atoms with Gasteiger partial charge in [-0.2, -0.15) is 0 Å². The van der Waals surface area contributed by atoms with Gasteiger partial charge in [0.25, 0.3) is 0 Å². The molecule has 0 radical (unpaired) electrons. The van der Waals surface area contributed by atoms with Crippen LogP contribution in [0.4, 0.5) is 5.69 Å². The molecule has 2 nitrogen and oxygen atoms in total. The molecule has 0 aromatic heterocycles. The van der Waals surface area contributed by atoms with Gasteiger partial charge in [-0.05, 0) is 23.3 Å². The maximum atomic E-state index is 9.88. The Balaban J connectivity index is 2.21. The molecule has 0 spiro atoms. The summed E-state index contributed by atoms with van der Waals surface area (Å²) in [6, 6.07) is 15.8. The predicted octanol–water partition coefficient (Wildman–Crippen LogP) is 3.63. The summed E-state index contributed by atoms with van der Waals surface area (Å²) < 4.78 is 0. The third kappa shape index (κ3) is 2.92. The van der Waals surface area contributed by atoms with E-state index in [9.17, 15) is 5.11 Å². The van der Waals surface area contributed by atoms with Crippen molar-refractivity contribution in [3.05, 3.63) is 59.7 Å². The van der Waals surface area contributed by atoms with Gasteiger partial charge in [-0.1, -0.05) is 48.6 Å². The molecule has 1 N–H and O–H groups in total. The molecule has 0 saturated heterocycles. The molecule has 0 aliphatic rings. The lowest BCUT2D eigenvalue weighted by Crippen LogP contribution is -2.08. The van der Waals surface area contributed by atoms with E-state index >= 15 is 0 Å². The first-order valence-corrected chi connectivity index (χ1v) is 5.90. The van der Waals surface area contributed by atoms with Crippen molar-refractivity contribution < 1.29 is 5.11 Å². The van der Waals surface area contributed by atoms with Crippen LogP contribution in [0.15, 0.2) is 48.5 Å². The summed E-state index contributed by atoms with van der Waals surface area (Å²) in [5.41, 5.74) is 2.96. The molecular formula is C16H17NO. The maximum absolute atomic E-state index is 9.88. The fourth-order valence-corrected chi connectivity index (χ4v) is 1.78. The molecule has 18 heavy (non-hydrogen) atoms. The van der Waals surface area contributed by atoms with E-state index in [2.05, 4.69) is 0 Å². The smallest absolute Gasteiger partial charge is 0.139 e. The number of aromatic hydroxyl groups is 1. The number of benzene rings is 2. The Morgan fingerprint density at radius 1 is 0.889 bits per heavy atom. The average Bonchev–Trinajstić information content (AvgIpc) is 2.37. The van der Waals surface area contributed by atoms with Gasteiger partial charge in [0, 0.05) is 14.1 Å². The number of hydrogen-bond acceptors (Lipinski definition) is 2. The van der Waals surface area contributed by atoms with Gasteiger partial charge in [-0.25, -0.2) is 0 Å². The third-order valence-corrected chi connectivity index (χ3v) is 2.75. The van der Waals surface area contributed by atoms with E-state index in [1.54, 1.807) is 6.07 Å². The molecule has 0 aliphatic carbocycles. The Labute approximate surface area is 108 Å². The molecule has 2 heteroatoms. The van der Waals surface area contributed by atoms with Crippen molar-refractivity contribution in [1.82, 2.24) is 0 Å². The van der Waals surface area contributed by atoms with E-state index in [-0.39, 0.29) is 0 Å². The molecule has 0 heterocycles. The lowest BCUT2D eigenvalue weighted by atomic mass is 10.1. The van der Waals surface area contributed by atoms with Gasteiger partial charge in [0.05, 0.1) is 5.69 Å². The number of rotatable bonds is 3. The quantitative estimate of drug-likeness (QED) is 0.827. The van der Waals surface area contributed by atoms with E-state index in [1.807, 2.05) is 73.6 Å². The predicted molar refractivity (Wildman–Crippen MR) is 77.8 cm³/mol. The lowest BCUT2D eigenvalue weighted by molar-refractivity contribution is 0.475. The number of anilines is 1. The highest BCUT2D eigenvalue weighted by Gasteiger charge is 2.02. The lowest BCUT2D eigenvalue weighted by Gasteiger charge is -2.14. The Hall–Kier alpha value is -2.22. The average molecular weight is 239 g/mol. The molecular weight excluding hydrogens is 222 g/mol. The maximum Gasteiger partial charge on any atom is 0.139 e. The molecule has 0 unspecified atom stereocenters. The molecule has 92 valence electrons. The minimum atomic E-state index is 0.301. The summed E-state index contributed by atoms with van der Waals surface area (Å²) in [6.45, 7) is 0. The highest BCUT2D eigenvalue weighted by molar-refractivity contribution is 5.72. The first-order valence-electron chi connectivity index (χ1n) is 5.90. The van der Waals surface area contributed by atoms with Crippen molar-refractivity contribution in [2.75, 3.05) is 19.0 Å². The highest BCUT2D eigenvalue weighted by Crippen LogP contribution is 2.27. The largest absolute Gasteiger partial charge is 0.506 e. The van der Waals surface area contributed by atoms with Crippen LogP contribution in [0.5, 0.6) is 5.75 Å². The number of phenolic OH excluding ortho intramolecular Hbond substituents is 1. The number of hydrogen-bond donors (Lipinski definition) is 1. The summed E-state index contributed by atoms with van der Waals surface area (Å²) in [6.07, 6.45) is 4.03. The van der Waals surface area contributed by atoms with Crippen LogP contribution in [0.1, 0.15) is 11.1 Å². The fourth-order valence-electron chi connectivity index (χ4n) is 1.78. The fraction of sp³-hybridized carbons (Fsp3) is 0.125. The topological polar surface area (TPSA) is 23.5 Å². The molecule has 0 bridgehead atoms. The standard InChI is InChI=1S/C16H17NO/c1-17(2)15-11-10-14(12-16(15)18)9-8-13-6-4-3-5-7-13/h3-12,18H,1-2H3. The van der Waals surface area contributed by atoms with Crippen molar-refractivity contribution in [1.29, 1.82) is 0 Å². The van der Waals surface area contributed by atoms with Crippen LogP contribution in [-0.2, 0) is 0 Å². The number of phenols is 1. The van der Waals surface area contributed by atoms with Gasteiger partial charge in [0.2, 0.25) is 0 Å². The van der Waals surface area contributed by atoms with E-state index < -0.39 is 0 Å². The second-order valence-electron chi connectivity index (χ2n) is 4.39. The van der Waals surface area contributed by atoms with Crippen molar-refractivity contribution >= 4 is 17.8 Å². The molecule has 0 aliphatic heterocycles. The van der Waals surface area contributed by atoms with E-state index in [0.717, 1.165) is 16.8 Å². The summed E-state index contributed by atoms with van der Waals surface area (Å²) in [7, 11) is 3.82. The molecule has 0 amide bonds. The summed E-state index contributed by atoms with van der Waals surface area (Å²) >= 11 is 0. The summed E-state index contributed by atoms with van der Waals surface area (Å²) in [5.74, 6) is 0.301.